The van der Waals surface area contributed by atoms with Gasteiger partial charge in [0, 0.05) is 13.1 Å². The lowest BCUT2D eigenvalue weighted by Crippen LogP contribution is -2.32. The molecule has 0 fully saturated rings. The Labute approximate surface area is 188 Å². The molecule has 0 saturated heterocycles. The molecule has 33 heavy (non-hydrogen) atoms. The van der Waals surface area contributed by atoms with Gasteiger partial charge < -0.3 is 15.1 Å². The first-order chi connectivity index (χ1) is 15.8. The normalized spacial score (nSPS) is 15.6. The van der Waals surface area contributed by atoms with Crippen molar-refractivity contribution in [2.24, 2.45) is 5.18 Å². The predicted octanol–water partition coefficient (Wildman–Crippen LogP) is 4.49. The molecule has 2 atom stereocenters. The molecule has 4 rings (SSSR count). The van der Waals surface area contributed by atoms with Gasteiger partial charge in [-0.3, -0.25) is 0 Å². The van der Waals surface area contributed by atoms with Gasteiger partial charge in [0.1, 0.15) is 24.6 Å². The van der Waals surface area contributed by atoms with Crippen molar-refractivity contribution in [3.8, 4) is 11.1 Å². The fourth-order valence-corrected chi connectivity index (χ4v) is 4.07. The lowest BCUT2D eigenvalue weighted by atomic mass is 9.90. The molecule has 0 bridgehead atoms. The summed E-state index contributed by atoms with van der Waals surface area (Å²) in [5.74, 6) is 0.614. The van der Waals surface area contributed by atoms with Gasteiger partial charge in [0.25, 0.3) is 0 Å². The number of nitroso groups, excluding NO2 is 1. The van der Waals surface area contributed by atoms with E-state index in [4.69, 9.17) is 0 Å². The van der Waals surface area contributed by atoms with Crippen LogP contribution in [0.2, 0.25) is 0 Å². The number of aromatic nitrogens is 1. The monoisotopic (exact) mass is 457 g/mol. The Hall–Kier alpha value is -3.30. The van der Waals surface area contributed by atoms with Gasteiger partial charge in [0.2, 0.25) is 0 Å². The molecule has 0 saturated carbocycles. The van der Waals surface area contributed by atoms with Crippen LogP contribution in [0.1, 0.15) is 28.5 Å². The van der Waals surface area contributed by atoms with Crippen LogP contribution in [0, 0.1) is 4.91 Å². The second-order valence-electron chi connectivity index (χ2n) is 7.93. The number of halogens is 3. The summed E-state index contributed by atoms with van der Waals surface area (Å²) in [7, 11) is 0. The van der Waals surface area contributed by atoms with Crippen LogP contribution in [0.5, 0.6) is 0 Å². The molecule has 1 aromatic heterocycles. The zero-order chi connectivity index (χ0) is 23.6. The number of aliphatic hydroxyl groups excluding tert-OH is 2. The third-order valence-corrected chi connectivity index (χ3v) is 5.80. The smallest absolute Gasteiger partial charge is 0.388 e. The molecule has 0 unspecified atom stereocenters. The Bertz CT molecular complexity index is 1140. The van der Waals surface area contributed by atoms with Gasteiger partial charge >= 0.3 is 6.18 Å². The number of hydrogen-bond acceptors (Lipinski definition) is 6. The first-order valence-corrected chi connectivity index (χ1v) is 10.4. The molecule has 2 aromatic carbocycles. The second-order valence-corrected chi connectivity index (χ2v) is 7.93. The highest BCUT2D eigenvalue weighted by Gasteiger charge is 2.30. The first-order valence-electron chi connectivity index (χ1n) is 10.4. The van der Waals surface area contributed by atoms with Crippen molar-refractivity contribution in [3.63, 3.8) is 0 Å². The van der Waals surface area contributed by atoms with E-state index in [0.29, 0.717) is 25.3 Å². The zero-order valence-electron chi connectivity index (χ0n) is 17.5. The summed E-state index contributed by atoms with van der Waals surface area (Å²) in [6, 6.07) is 16.0. The van der Waals surface area contributed by atoms with Crippen LogP contribution in [0.15, 0.2) is 65.8 Å². The van der Waals surface area contributed by atoms with Crippen LogP contribution in [-0.4, -0.2) is 34.4 Å². The van der Waals surface area contributed by atoms with E-state index >= 15 is 0 Å². The molecule has 3 aromatic rings. The van der Waals surface area contributed by atoms with Gasteiger partial charge in [-0.1, -0.05) is 41.6 Å². The van der Waals surface area contributed by atoms with E-state index < -0.39 is 30.5 Å². The Kier molecular flexibility index (Phi) is 6.44. The number of pyridine rings is 1. The third-order valence-electron chi connectivity index (χ3n) is 5.80. The molecule has 2 heterocycles. The minimum Gasteiger partial charge on any atom is -0.388 e. The Balaban J connectivity index is 1.57. The number of aliphatic hydroxyl groups is 2. The molecular weight excluding hydrogens is 435 g/mol. The molecule has 0 spiro atoms. The van der Waals surface area contributed by atoms with Crippen LogP contribution in [0.4, 0.5) is 19.0 Å². The van der Waals surface area contributed by atoms with Crippen LogP contribution in [0.25, 0.3) is 11.1 Å². The fraction of sp³-hybridized carbons (Fsp3) is 0.292. The van der Waals surface area contributed by atoms with Gasteiger partial charge in [0.15, 0.2) is 0 Å². The highest BCUT2D eigenvalue weighted by Crippen LogP contribution is 2.34. The average Bonchev–Trinajstić information content (AvgIpc) is 2.82. The van der Waals surface area contributed by atoms with Crippen molar-refractivity contribution < 1.29 is 23.4 Å². The van der Waals surface area contributed by atoms with Crippen molar-refractivity contribution in [3.05, 3.63) is 88.0 Å². The first kappa shape index (κ1) is 22.9. The molecule has 0 amide bonds. The highest BCUT2D eigenvalue weighted by molar-refractivity contribution is 5.70. The van der Waals surface area contributed by atoms with Crippen molar-refractivity contribution in [2.75, 3.05) is 18.0 Å². The van der Waals surface area contributed by atoms with Gasteiger partial charge in [-0.25, -0.2) is 4.98 Å². The Morgan fingerprint density at radius 1 is 1.03 bits per heavy atom. The number of fused-ring (bicyclic) bond motifs is 1. The van der Waals surface area contributed by atoms with Crippen molar-refractivity contribution in [1.82, 2.24) is 4.98 Å². The number of anilines is 1. The van der Waals surface area contributed by atoms with E-state index in [2.05, 4.69) is 10.2 Å². The van der Waals surface area contributed by atoms with E-state index in [1.54, 1.807) is 18.2 Å². The van der Waals surface area contributed by atoms with Gasteiger partial charge in [-0.05, 0) is 52.9 Å². The third kappa shape index (κ3) is 4.89. The zero-order valence-corrected chi connectivity index (χ0v) is 17.5. The minimum absolute atomic E-state index is 0.243. The molecule has 9 heteroatoms. The summed E-state index contributed by atoms with van der Waals surface area (Å²) in [5.41, 5.74) is 3.32. The maximum absolute atomic E-state index is 12.9. The molecular formula is C24H22F3N3O3. The topological polar surface area (TPSA) is 86.0 Å². The molecule has 1 aliphatic rings. The van der Waals surface area contributed by atoms with E-state index in [1.807, 2.05) is 23.1 Å². The van der Waals surface area contributed by atoms with Crippen LogP contribution in [-0.2, 0) is 19.1 Å². The van der Waals surface area contributed by atoms with E-state index in [0.717, 1.165) is 34.4 Å². The number of hydrogen-bond donors (Lipinski definition) is 2. The van der Waals surface area contributed by atoms with Crippen LogP contribution >= 0.6 is 0 Å². The van der Waals surface area contributed by atoms with Gasteiger partial charge in [-0.15, -0.1) is 0 Å². The lowest BCUT2D eigenvalue weighted by molar-refractivity contribution is -0.137. The van der Waals surface area contributed by atoms with Crippen molar-refractivity contribution in [1.29, 1.82) is 0 Å². The summed E-state index contributed by atoms with van der Waals surface area (Å²) in [5, 5.41) is 22.7. The quantitative estimate of drug-likeness (QED) is 0.533. The standard InChI is InChI=1S/C24H22F3N3O3/c25-24(26,27)17-9-7-15(8-10-17)18-4-1-3-16-14-30(12-11-19(16)18)22-6-2-5-20(29-22)23(32)21(31)13-28-33/h1-10,21,23,31-32H,11-14H2/t21-,23-/m0/s1. The number of rotatable bonds is 6. The summed E-state index contributed by atoms with van der Waals surface area (Å²) in [4.78, 5) is 16.9. The van der Waals surface area contributed by atoms with Gasteiger partial charge in [0.05, 0.1) is 11.3 Å². The Morgan fingerprint density at radius 3 is 2.45 bits per heavy atom. The highest BCUT2D eigenvalue weighted by atomic mass is 19.4. The predicted molar refractivity (Wildman–Crippen MR) is 117 cm³/mol. The van der Waals surface area contributed by atoms with Gasteiger partial charge in [-0.2, -0.15) is 18.1 Å². The lowest BCUT2D eigenvalue weighted by Gasteiger charge is -2.31. The Morgan fingerprint density at radius 2 is 1.76 bits per heavy atom. The summed E-state index contributed by atoms with van der Waals surface area (Å²) in [6.07, 6.45) is -6.37. The molecule has 172 valence electrons. The SMILES string of the molecule is O=NC[C@H](O)[C@@H](O)c1cccc(N2CCc3c(cccc3-c3ccc(C(F)(F)F)cc3)C2)n1. The van der Waals surface area contributed by atoms with Crippen LogP contribution < -0.4 is 4.90 Å². The number of benzene rings is 2. The average molecular weight is 457 g/mol. The fourth-order valence-electron chi connectivity index (χ4n) is 4.07. The summed E-state index contributed by atoms with van der Waals surface area (Å²) < 4.78 is 38.7. The molecule has 0 aliphatic carbocycles. The number of nitrogens with zero attached hydrogens (tertiary/aromatic N) is 3. The number of alkyl halides is 3. The molecule has 0 radical (unpaired) electrons. The summed E-state index contributed by atoms with van der Waals surface area (Å²) >= 11 is 0. The minimum atomic E-state index is -4.37. The van der Waals surface area contributed by atoms with Crippen molar-refractivity contribution in [2.45, 2.75) is 31.3 Å². The van der Waals surface area contributed by atoms with E-state index in [9.17, 15) is 28.3 Å². The summed E-state index contributed by atoms with van der Waals surface area (Å²) in [6.45, 7) is 0.724. The molecule has 2 N–H and O–H groups in total. The molecule has 6 nitrogen and oxygen atoms in total. The second kappa shape index (κ2) is 9.29. The maximum Gasteiger partial charge on any atom is 0.416 e. The van der Waals surface area contributed by atoms with E-state index in [1.165, 1.54) is 12.1 Å². The largest absolute Gasteiger partial charge is 0.416 e. The van der Waals surface area contributed by atoms with Crippen LogP contribution in [0.3, 0.4) is 0 Å². The van der Waals surface area contributed by atoms with Crippen molar-refractivity contribution >= 4 is 5.82 Å². The van der Waals surface area contributed by atoms with E-state index in [-0.39, 0.29) is 5.69 Å². The molecule has 1 aliphatic heterocycles. The maximum atomic E-state index is 12.9.